The molecule has 0 amide bonds. The third kappa shape index (κ3) is 6.46. The van der Waals surface area contributed by atoms with Crippen LogP contribution in [0.1, 0.15) is 58.7 Å². The van der Waals surface area contributed by atoms with E-state index < -0.39 is 0 Å². The molecule has 206 valence electrons. The number of aryl methyl sites for hydroxylation is 2. The van der Waals surface area contributed by atoms with Gasteiger partial charge in [-0.2, -0.15) is 0 Å². The normalized spacial score (nSPS) is 13.8. The number of nitrogens with zero attached hydrogens (tertiary/aromatic N) is 1. The standard InChI is InChI=1S/C36H40N2O2/c1-3-28-17-31-19-34(20-32(31)18-29(28)4-2)38(22-26-11-7-5-8-12-26)23-33(24-39)30-15-16-36(35(37)21-30)40-25-27-13-9-6-10-14-27/h5-18,21,24,33-34H,3-4,19-20,22-23,25,37H2,1-2H3. The van der Waals surface area contributed by atoms with Crippen LogP contribution in [0.2, 0.25) is 0 Å². The van der Waals surface area contributed by atoms with Crippen molar-refractivity contribution in [3.8, 4) is 5.75 Å². The maximum absolute atomic E-state index is 12.5. The van der Waals surface area contributed by atoms with Crippen LogP contribution in [0, 0.1) is 0 Å². The molecule has 1 atom stereocenters. The van der Waals surface area contributed by atoms with E-state index in [1.165, 1.54) is 27.8 Å². The predicted molar refractivity (Wildman–Crippen MR) is 164 cm³/mol. The summed E-state index contributed by atoms with van der Waals surface area (Å²) in [6, 6.07) is 31.6. The molecule has 1 aliphatic rings. The largest absolute Gasteiger partial charge is 0.487 e. The second kappa shape index (κ2) is 13.0. The van der Waals surface area contributed by atoms with Crippen molar-refractivity contribution in [1.29, 1.82) is 0 Å². The zero-order valence-corrected chi connectivity index (χ0v) is 23.7. The number of anilines is 1. The van der Waals surface area contributed by atoms with Crippen molar-refractivity contribution in [2.24, 2.45) is 0 Å². The van der Waals surface area contributed by atoms with E-state index in [0.29, 0.717) is 30.6 Å². The van der Waals surface area contributed by atoms with Crippen molar-refractivity contribution in [1.82, 2.24) is 4.90 Å². The lowest BCUT2D eigenvalue weighted by Gasteiger charge is -2.31. The number of hydrogen-bond donors (Lipinski definition) is 1. The van der Waals surface area contributed by atoms with Crippen molar-refractivity contribution in [2.45, 2.75) is 64.6 Å². The molecule has 4 aromatic carbocycles. The molecule has 1 unspecified atom stereocenters. The molecule has 0 radical (unpaired) electrons. The second-order valence-electron chi connectivity index (χ2n) is 10.9. The fraction of sp³-hybridized carbons (Fsp3) is 0.306. The van der Waals surface area contributed by atoms with Gasteiger partial charge in [-0.3, -0.25) is 4.90 Å². The number of carbonyl (C=O) groups excluding carboxylic acids is 1. The van der Waals surface area contributed by atoms with Crippen LogP contribution in [0.25, 0.3) is 0 Å². The Morgan fingerprint density at radius 1 is 0.850 bits per heavy atom. The molecular weight excluding hydrogens is 492 g/mol. The van der Waals surface area contributed by atoms with Crippen molar-refractivity contribution in [3.63, 3.8) is 0 Å². The van der Waals surface area contributed by atoms with Gasteiger partial charge >= 0.3 is 0 Å². The summed E-state index contributed by atoms with van der Waals surface area (Å²) in [5.41, 5.74) is 16.1. The highest BCUT2D eigenvalue weighted by Crippen LogP contribution is 2.32. The van der Waals surface area contributed by atoms with E-state index in [-0.39, 0.29) is 5.92 Å². The summed E-state index contributed by atoms with van der Waals surface area (Å²) in [5.74, 6) is 0.360. The lowest BCUT2D eigenvalue weighted by molar-refractivity contribution is -0.109. The Kier molecular flexibility index (Phi) is 8.98. The van der Waals surface area contributed by atoms with Gasteiger partial charge in [0.1, 0.15) is 18.6 Å². The van der Waals surface area contributed by atoms with Gasteiger partial charge in [0.2, 0.25) is 0 Å². The van der Waals surface area contributed by atoms with Gasteiger partial charge in [0.15, 0.2) is 0 Å². The maximum atomic E-state index is 12.5. The minimum absolute atomic E-state index is 0.282. The monoisotopic (exact) mass is 532 g/mol. The van der Waals surface area contributed by atoms with Crippen LogP contribution in [-0.4, -0.2) is 23.8 Å². The molecular formula is C36H40N2O2. The average molecular weight is 533 g/mol. The summed E-state index contributed by atoms with van der Waals surface area (Å²) in [7, 11) is 0. The molecule has 0 bridgehead atoms. The van der Waals surface area contributed by atoms with Crippen LogP contribution < -0.4 is 10.5 Å². The number of nitrogens with two attached hydrogens (primary N) is 1. The van der Waals surface area contributed by atoms with Crippen LogP contribution in [0.15, 0.2) is 91.0 Å². The topological polar surface area (TPSA) is 55.6 Å². The molecule has 0 saturated carbocycles. The summed E-state index contributed by atoms with van der Waals surface area (Å²) in [6.45, 7) is 6.38. The van der Waals surface area contributed by atoms with Crippen molar-refractivity contribution >= 4 is 12.0 Å². The van der Waals surface area contributed by atoms with Crippen LogP contribution in [0.4, 0.5) is 5.69 Å². The highest BCUT2D eigenvalue weighted by molar-refractivity contribution is 5.66. The fourth-order valence-corrected chi connectivity index (χ4v) is 5.97. The molecule has 0 fully saturated rings. The third-order valence-corrected chi connectivity index (χ3v) is 8.23. The zero-order valence-electron chi connectivity index (χ0n) is 23.7. The number of hydrogen-bond acceptors (Lipinski definition) is 4. The van der Waals surface area contributed by atoms with Gasteiger partial charge in [0.25, 0.3) is 0 Å². The van der Waals surface area contributed by atoms with Gasteiger partial charge in [-0.1, -0.05) is 92.7 Å². The second-order valence-corrected chi connectivity index (χ2v) is 10.9. The Morgan fingerprint density at radius 2 is 1.45 bits per heavy atom. The molecule has 1 aliphatic carbocycles. The van der Waals surface area contributed by atoms with E-state index in [2.05, 4.69) is 61.2 Å². The molecule has 4 heteroatoms. The number of carbonyl (C=O) groups is 1. The Morgan fingerprint density at radius 3 is 2.00 bits per heavy atom. The summed E-state index contributed by atoms with van der Waals surface area (Å²) in [5, 5.41) is 0. The Balaban J connectivity index is 1.35. The van der Waals surface area contributed by atoms with Crippen molar-refractivity contribution in [3.05, 3.63) is 130 Å². The summed E-state index contributed by atoms with van der Waals surface area (Å²) in [6.07, 6.45) is 5.23. The first-order valence-corrected chi connectivity index (χ1v) is 14.5. The highest BCUT2D eigenvalue weighted by atomic mass is 16.5. The summed E-state index contributed by atoms with van der Waals surface area (Å²) < 4.78 is 5.98. The van der Waals surface area contributed by atoms with Gasteiger partial charge < -0.3 is 15.3 Å². The molecule has 0 aromatic heterocycles. The molecule has 0 heterocycles. The van der Waals surface area contributed by atoms with Gasteiger partial charge in [-0.25, -0.2) is 0 Å². The highest BCUT2D eigenvalue weighted by Gasteiger charge is 2.30. The van der Waals surface area contributed by atoms with Gasteiger partial charge in [0.05, 0.1) is 11.6 Å². The van der Waals surface area contributed by atoms with E-state index in [1.54, 1.807) is 0 Å². The van der Waals surface area contributed by atoms with E-state index in [0.717, 1.165) is 49.6 Å². The first-order chi connectivity index (χ1) is 19.6. The van der Waals surface area contributed by atoms with E-state index in [1.807, 2.05) is 48.5 Å². The number of ether oxygens (including phenoxy) is 1. The molecule has 40 heavy (non-hydrogen) atoms. The van der Waals surface area contributed by atoms with E-state index >= 15 is 0 Å². The summed E-state index contributed by atoms with van der Waals surface area (Å²) in [4.78, 5) is 15.0. The van der Waals surface area contributed by atoms with E-state index in [9.17, 15) is 4.79 Å². The smallest absolute Gasteiger partial charge is 0.142 e. The van der Waals surface area contributed by atoms with Crippen LogP contribution in [-0.2, 0) is 43.6 Å². The first-order valence-electron chi connectivity index (χ1n) is 14.5. The van der Waals surface area contributed by atoms with Crippen molar-refractivity contribution in [2.75, 3.05) is 12.3 Å². The number of fused-ring (bicyclic) bond motifs is 1. The number of nitrogen functional groups attached to an aromatic ring is 1. The van der Waals surface area contributed by atoms with Gasteiger partial charge in [0, 0.05) is 19.1 Å². The molecule has 0 saturated heterocycles. The first kappa shape index (κ1) is 27.7. The molecule has 0 spiro atoms. The van der Waals surface area contributed by atoms with Gasteiger partial charge in [-0.05, 0) is 76.8 Å². The number of aldehydes is 1. The Labute approximate surface area is 238 Å². The zero-order chi connectivity index (χ0) is 27.9. The van der Waals surface area contributed by atoms with Crippen LogP contribution in [0.3, 0.4) is 0 Å². The molecule has 2 N–H and O–H groups in total. The molecule has 4 aromatic rings. The van der Waals surface area contributed by atoms with Gasteiger partial charge in [-0.15, -0.1) is 0 Å². The SMILES string of the molecule is CCc1cc2c(cc1CC)CC(N(Cc1ccccc1)CC(C=O)c1ccc(OCc3ccccc3)c(N)c1)C2. The van der Waals surface area contributed by atoms with Crippen LogP contribution in [0.5, 0.6) is 5.75 Å². The lowest BCUT2D eigenvalue weighted by Crippen LogP contribution is -2.38. The average Bonchev–Trinajstić information content (AvgIpc) is 3.42. The minimum atomic E-state index is -0.282. The van der Waals surface area contributed by atoms with E-state index in [4.69, 9.17) is 10.5 Å². The molecule has 4 nitrogen and oxygen atoms in total. The Bertz CT molecular complexity index is 1380. The predicted octanol–water partition coefficient (Wildman–Crippen LogP) is 6.92. The molecule has 5 rings (SSSR count). The third-order valence-electron chi connectivity index (χ3n) is 8.23. The minimum Gasteiger partial charge on any atom is -0.487 e. The summed E-state index contributed by atoms with van der Waals surface area (Å²) >= 11 is 0. The lowest BCUT2D eigenvalue weighted by atomic mass is 9.97. The quantitative estimate of drug-likeness (QED) is 0.159. The van der Waals surface area contributed by atoms with Crippen molar-refractivity contribution < 1.29 is 9.53 Å². The number of benzene rings is 4. The number of rotatable bonds is 12. The maximum Gasteiger partial charge on any atom is 0.142 e. The Hall–Kier alpha value is -3.89. The fourth-order valence-electron chi connectivity index (χ4n) is 5.97. The molecule has 0 aliphatic heterocycles. The van der Waals surface area contributed by atoms with Crippen LogP contribution >= 0.6 is 0 Å².